The van der Waals surface area contributed by atoms with Crippen molar-refractivity contribution in [2.45, 2.75) is 31.6 Å². The lowest BCUT2D eigenvalue weighted by Crippen LogP contribution is -2.30. The van der Waals surface area contributed by atoms with E-state index in [0.717, 1.165) is 24.7 Å². The third kappa shape index (κ3) is 7.11. The summed E-state index contributed by atoms with van der Waals surface area (Å²) in [6.07, 6.45) is 0. The van der Waals surface area contributed by atoms with Crippen molar-refractivity contribution in [2.75, 3.05) is 26.8 Å². The van der Waals surface area contributed by atoms with Crippen LogP contribution in [0.1, 0.15) is 11.5 Å². The Bertz CT molecular complexity index is 361. The smallest absolute Gasteiger partial charge is 0.0587 e. The molecule has 0 amide bonds. The summed E-state index contributed by atoms with van der Waals surface area (Å²) < 4.78 is 5.07. The number of rotatable bonds is 8. The Kier molecular flexibility index (Phi) is 7.08. The highest BCUT2D eigenvalue weighted by molar-refractivity contribution is 6.76. The Balaban J connectivity index is 2.65. The molecule has 1 rings (SSSR count). The normalized spacial score (nSPS) is 13.5. The number of nitrogens with one attached hydrogen (secondary N) is 1. The molecule has 0 aliphatic rings. The molecule has 0 spiro atoms. The van der Waals surface area contributed by atoms with Gasteiger partial charge in [0.1, 0.15) is 0 Å². The minimum Gasteiger partial charge on any atom is -0.383 e. The molecule has 0 heterocycles. The van der Waals surface area contributed by atoms with Gasteiger partial charge in [0.25, 0.3) is 0 Å². The topological polar surface area (TPSA) is 21.3 Å². The second-order valence-electron chi connectivity index (χ2n) is 6.21. The molecule has 2 nitrogen and oxygen atoms in total. The van der Waals surface area contributed by atoms with E-state index in [4.69, 9.17) is 16.3 Å². The first-order valence-corrected chi connectivity index (χ1v) is 11.0. The maximum absolute atomic E-state index is 5.97. The van der Waals surface area contributed by atoms with Gasteiger partial charge in [0.2, 0.25) is 0 Å². The molecule has 0 saturated heterocycles. The Morgan fingerprint density at radius 3 is 2.37 bits per heavy atom. The number of hydrogen-bond acceptors (Lipinski definition) is 2. The third-order valence-electron chi connectivity index (χ3n) is 3.07. The summed E-state index contributed by atoms with van der Waals surface area (Å²) in [6, 6.07) is 9.58. The van der Waals surface area contributed by atoms with Gasteiger partial charge in [-0.2, -0.15) is 0 Å². The molecule has 19 heavy (non-hydrogen) atoms. The van der Waals surface area contributed by atoms with Crippen molar-refractivity contribution >= 4 is 19.7 Å². The van der Waals surface area contributed by atoms with Crippen LogP contribution in [0.15, 0.2) is 24.3 Å². The van der Waals surface area contributed by atoms with E-state index in [9.17, 15) is 0 Å². The van der Waals surface area contributed by atoms with Gasteiger partial charge in [0.15, 0.2) is 0 Å². The zero-order chi connectivity index (χ0) is 14.3. The van der Waals surface area contributed by atoms with Gasteiger partial charge in [-0.25, -0.2) is 0 Å². The van der Waals surface area contributed by atoms with E-state index in [2.05, 4.69) is 37.1 Å². The summed E-state index contributed by atoms with van der Waals surface area (Å²) in [5.41, 5.74) is 1.39. The summed E-state index contributed by atoms with van der Waals surface area (Å²) >= 11 is 5.97. The lowest BCUT2D eigenvalue weighted by molar-refractivity contribution is 0.199. The van der Waals surface area contributed by atoms with Gasteiger partial charge >= 0.3 is 0 Å². The fourth-order valence-electron chi connectivity index (χ4n) is 2.23. The van der Waals surface area contributed by atoms with Crippen LogP contribution in [0, 0.1) is 0 Å². The third-order valence-corrected chi connectivity index (χ3v) is 5.04. The standard InChI is InChI=1S/C15H26ClNOSi/c1-18-10-9-17-11-14(12-19(2,3)4)13-5-7-15(16)8-6-13/h5-8,14,17H,9-12H2,1-4H3. The highest BCUT2D eigenvalue weighted by Crippen LogP contribution is 2.27. The minimum atomic E-state index is -1.09. The quantitative estimate of drug-likeness (QED) is 0.579. The molecule has 4 heteroatoms. The molecule has 1 N–H and O–H groups in total. The van der Waals surface area contributed by atoms with Crippen LogP contribution in [0.25, 0.3) is 0 Å². The van der Waals surface area contributed by atoms with E-state index in [1.807, 2.05) is 12.1 Å². The number of hydrogen-bond donors (Lipinski definition) is 1. The van der Waals surface area contributed by atoms with Crippen molar-refractivity contribution in [2.24, 2.45) is 0 Å². The van der Waals surface area contributed by atoms with Crippen molar-refractivity contribution in [3.63, 3.8) is 0 Å². The van der Waals surface area contributed by atoms with Gasteiger partial charge in [-0.3, -0.25) is 0 Å². The van der Waals surface area contributed by atoms with Crippen LogP contribution in [0.3, 0.4) is 0 Å². The second-order valence-corrected chi connectivity index (χ2v) is 12.2. The summed E-state index contributed by atoms with van der Waals surface area (Å²) in [7, 11) is 0.647. The molecule has 0 fully saturated rings. The zero-order valence-corrected chi connectivity index (χ0v) is 14.3. The Hall–Kier alpha value is -0.353. The number of ether oxygens (including phenoxy) is 1. The first-order valence-electron chi connectivity index (χ1n) is 6.87. The van der Waals surface area contributed by atoms with E-state index in [1.54, 1.807) is 7.11 Å². The molecular weight excluding hydrogens is 274 g/mol. The van der Waals surface area contributed by atoms with Crippen molar-refractivity contribution in [3.05, 3.63) is 34.9 Å². The summed E-state index contributed by atoms with van der Waals surface area (Å²) in [4.78, 5) is 0. The van der Waals surface area contributed by atoms with Gasteiger partial charge in [-0.05, 0) is 29.7 Å². The molecule has 108 valence electrons. The first kappa shape index (κ1) is 16.7. The van der Waals surface area contributed by atoms with Crippen LogP contribution in [0.4, 0.5) is 0 Å². The average molecular weight is 300 g/mol. The lowest BCUT2D eigenvalue weighted by atomic mass is 10.0. The Morgan fingerprint density at radius 2 is 1.84 bits per heavy atom. The molecule has 0 aliphatic carbocycles. The van der Waals surface area contributed by atoms with Crippen LogP contribution in [-0.2, 0) is 4.74 Å². The first-order chi connectivity index (χ1) is 8.92. The average Bonchev–Trinajstić information content (AvgIpc) is 2.33. The fourth-order valence-corrected chi connectivity index (χ4v) is 4.22. The van der Waals surface area contributed by atoms with Crippen LogP contribution in [0.2, 0.25) is 30.7 Å². The van der Waals surface area contributed by atoms with Crippen LogP contribution in [-0.4, -0.2) is 34.9 Å². The van der Waals surface area contributed by atoms with Gasteiger partial charge in [0, 0.05) is 33.3 Å². The van der Waals surface area contributed by atoms with Gasteiger partial charge in [0.05, 0.1) is 6.61 Å². The molecule has 0 saturated carbocycles. The van der Waals surface area contributed by atoms with E-state index in [1.165, 1.54) is 11.6 Å². The monoisotopic (exact) mass is 299 g/mol. The van der Waals surface area contributed by atoms with Crippen molar-refractivity contribution < 1.29 is 4.74 Å². The molecular formula is C15H26ClNOSi. The molecule has 1 aromatic carbocycles. The van der Waals surface area contributed by atoms with Gasteiger partial charge in [-0.1, -0.05) is 43.4 Å². The van der Waals surface area contributed by atoms with Crippen molar-refractivity contribution in [1.29, 1.82) is 0 Å². The number of methoxy groups -OCH3 is 1. The Labute approximate surface area is 123 Å². The minimum absolute atomic E-state index is 0.570. The number of benzene rings is 1. The van der Waals surface area contributed by atoms with Crippen LogP contribution >= 0.6 is 11.6 Å². The number of halogens is 1. The molecule has 0 bridgehead atoms. The second kappa shape index (κ2) is 8.05. The van der Waals surface area contributed by atoms with Crippen LogP contribution in [0.5, 0.6) is 0 Å². The summed E-state index contributed by atoms with van der Waals surface area (Å²) in [5.74, 6) is 0.570. The van der Waals surface area contributed by atoms with Crippen LogP contribution < -0.4 is 5.32 Å². The molecule has 1 unspecified atom stereocenters. The maximum Gasteiger partial charge on any atom is 0.0587 e. The summed E-state index contributed by atoms with van der Waals surface area (Å²) in [5, 5.41) is 4.29. The Morgan fingerprint density at radius 1 is 1.21 bits per heavy atom. The van der Waals surface area contributed by atoms with E-state index in [-0.39, 0.29) is 0 Å². The zero-order valence-electron chi connectivity index (χ0n) is 12.5. The lowest BCUT2D eigenvalue weighted by Gasteiger charge is -2.25. The molecule has 0 aliphatic heterocycles. The predicted octanol–water partition coefficient (Wildman–Crippen LogP) is 4.00. The van der Waals surface area contributed by atoms with Gasteiger partial charge in [-0.15, -0.1) is 0 Å². The van der Waals surface area contributed by atoms with E-state index >= 15 is 0 Å². The van der Waals surface area contributed by atoms with E-state index < -0.39 is 8.07 Å². The highest BCUT2D eigenvalue weighted by atomic mass is 35.5. The maximum atomic E-state index is 5.97. The molecule has 0 aromatic heterocycles. The largest absolute Gasteiger partial charge is 0.383 e. The van der Waals surface area contributed by atoms with Crippen molar-refractivity contribution in [3.8, 4) is 0 Å². The van der Waals surface area contributed by atoms with Crippen molar-refractivity contribution in [1.82, 2.24) is 5.32 Å². The molecule has 1 aromatic rings. The molecule has 0 radical (unpaired) electrons. The SMILES string of the molecule is COCCNCC(C[Si](C)(C)C)c1ccc(Cl)cc1. The highest BCUT2D eigenvalue weighted by Gasteiger charge is 2.21. The van der Waals surface area contributed by atoms with Gasteiger partial charge < -0.3 is 10.1 Å². The fraction of sp³-hybridized carbons (Fsp3) is 0.600. The molecule has 1 atom stereocenters. The predicted molar refractivity (Wildman–Crippen MR) is 87.1 cm³/mol. The summed E-state index contributed by atoms with van der Waals surface area (Å²) in [6.45, 7) is 9.95. The van der Waals surface area contributed by atoms with E-state index in [0.29, 0.717) is 5.92 Å².